The predicted octanol–water partition coefficient (Wildman–Crippen LogP) is 1.33. The summed E-state index contributed by atoms with van der Waals surface area (Å²) in [6.07, 6.45) is 2.01. The Bertz CT molecular complexity index is 385. The minimum Gasteiger partial charge on any atom is -0.301 e. The summed E-state index contributed by atoms with van der Waals surface area (Å²) >= 11 is 0. The summed E-state index contributed by atoms with van der Waals surface area (Å²) in [5, 5.41) is 10.7. The number of aliphatic imine (C=N–C) groups is 1. The largest absolute Gasteiger partial charge is 0.301 e. The zero-order chi connectivity index (χ0) is 11.9. The highest BCUT2D eigenvalue weighted by atomic mass is 16.6. The third-order valence-electron chi connectivity index (χ3n) is 3.20. The van der Waals surface area contributed by atoms with E-state index in [1.807, 2.05) is 7.05 Å². The third-order valence-corrected chi connectivity index (χ3v) is 3.20. The number of hydrogen-bond donors (Lipinski definition) is 0. The van der Waals surface area contributed by atoms with Gasteiger partial charge in [-0.25, -0.2) is 0 Å². The number of nitrogens with zero attached hydrogens (tertiary/aromatic N) is 3. The molecule has 0 saturated heterocycles. The van der Waals surface area contributed by atoms with Gasteiger partial charge in [0.2, 0.25) is 0 Å². The van der Waals surface area contributed by atoms with Gasteiger partial charge in [-0.05, 0) is 12.6 Å². The Morgan fingerprint density at radius 2 is 2.31 bits per heavy atom. The molecular formula is C11H17N3O2. The number of nitro groups is 1. The lowest BCUT2D eigenvalue weighted by atomic mass is 9.80. The van der Waals surface area contributed by atoms with Crippen molar-refractivity contribution >= 4 is 6.21 Å². The molecule has 1 atom stereocenters. The van der Waals surface area contributed by atoms with Crippen LogP contribution in [0.2, 0.25) is 0 Å². The molecule has 0 aromatic heterocycles. The van der Waals surface area contributed by atoms with Gasteiger partial charge in [0.25, 0.3) is 6.04 Å². The van der Waals surface area contributed by atoms with Crippen molar-refractivity contribution in [2.75, 3.05) is 20.1 Å². The van der Waals surface area contributed by atoms with Crippen molar-refractivity contribution in [3.8, 4) is 0 Å². The minimum atomic E-state index is -0.638. The molecule has 2 aliphatic heterocycles. The Balaban J connectivity index is 2.30. The van der Waals surface area contributed by atoms with E-state index < -0.39 is 6.04 Å². The minimum absolute atomic E-state index is 0.000399. The smallest absolute Gasteiger partial charge is 0.251 e. The van der Waals surface area contributed by atoms with Gasteiger partial charge in [0.05, 0.1) is 6.21 Å². The maximum Gasteiger partial charge on any atom is 0.251 e. The number of rotatable bonds is 1. The van der Waals surface area contributed by atoms with E-state index in [0.717, 1.165) is 24.4 Å². The molecule has 5 nitrogen and oxygen atoms in total. The molecule has 0 spiro atoms. The molecule has 2 aliphatic rings. The molecule has 1 unspecified atom stereocenters. The van der Waals surface area contributed by atoms with Crippen molar-refractivity contribution in [3.63, 3.8) is 0 Å². The molecule has 0 aromatic rings. The quantitative estimate of drug-likeness (QED) is 0.497. The molecule has 0 N–H and O–H groups in total. The van der Waals surface area contributed by atoms with E-state index in [4.69, 9.17) is 0 Å². The lowest BCUT2D eigenvalue weighted by Crippen LogP contribution is -2.42. The van der Waals surface area contributed by atoms with Crippen molar-refractivity contribution in [2.45, 2.75) is 26.3 Å². The zero-order valence-electron chi connectivity index (χ0n) is 9.93. The monoisotopic (exact) mass is 223 g/mol. The van der Waals surface area contributed by atoms with Gasteiger partial charge >= 0.3 is 0 Å². The molecule has 88 valence electrons. The van der Waals surface area contributed by atoms with Gasteiger partial charge in [0, 0.05) is 35.5 Å². The molecule has 2 rings (SSSR count). The van der Waals surface area contributed by atoms with Crippen molar-refractivity contribution in [3.05, 3.63) is 21.4 Å². The first kappa shape index (κ1) is 11.3. The van der Waals surface area contributed by atoms with Gasteiger partial charge < -0.3 is 4.90 Å². The molecule has 5 heteroatoms. The molecular weight excluding hydrogens is 206 g/mol. The molecule has 0 aromatic carbocycles. The summed E-state index contributed by atoms with van der Waals surface area (Å²) in [5.41, 5.74) is 2.19. The summed E-state index contributed by atoms with van der Waals surface area (Å²) < 4.78 is 0. The number of likely N-dealkylation sites (N-methyl/N-ethyl adjacent to an activating group) is 1. The van der Waals surface area contributed by atoms with Crippen LogP contribution in [0.5, 0.6) is 0 Å². The van der Waals surface area contributed by atoms with Crippen LogP contribution in [-0.4, -0.2) is 42.2 Å². The third kappa shape index (κ3) is 1.87. The first-order valence-electron chi connectivity index (χ1n) is 5.49. The van der Waals surface area contributed by atoms with Crippen LogP contribution in [0.3, 0.4) is 0 Å². The SMILES string of the molecule is CN1CC2=C(N=CC([N+](=O)[O-])C2)C(C)(C)C1. The topological polar surface area (TPSA) is 58.7 Å². The van der Waals surface area contributed by atoms with Crippen LogP contribution in [0.15, 0.2) is 16.3 Å². The van der Waals surface area contributed by atoms with Crippen LogP contribution in [0.25, 0.3) is 0 Å². The first-order valence-corrected chi connectivity index (χ1v) is 5.49. The summed E-state index contributed by atoms with van der Waals surface area (Å²) in [6.45, 7) is 6.04. The molecule has 0 bridgehead atoms. The molecule has 0 amide bonds. The van der Waals surface area contributed by atoms with Crippen LogP contribution >= 0.6 is 0 Å². The zero-order valence-corrected chi connectivity index (χ0v) is 9.93. The van der Waals surface area contributed by atoms with Crippen molar-refractivity contribution in [1.29, 1.82) is 0 Å². The van der Waals surface area contributed by atoms with Gasteiger partial charge in [-0.15, -0.1) is 0 Å². The second kappa shape index (κ2) is 3.66. The maximum absolute atomic E-state index is 10.7. The standard InChI is InChI=1S/C11H17N3O2/c1-11(2)7-13(3)6-8-4-9(14(15)16)5-12-10(8)11/h5,9H,4,6-7H2,1-3H3. The van der Waals surface area contributed by atoms with Crippen molar-refractivity contribution in [2.24, 2.45) is 10.4 Å². The summed E-state index contributed by atoms with van der Waals surface area (Å²) in [4.78, 5) is 17.0. The molecule has 0 fully saturated rings. The van der Waals surface area contributed by atoms with Gasteiger partial charge in [-0.1, -0.05) is 13.8 Å². The van der Waals surface area contributed by atoms with Crippen molar-refractivity contribution in [1.82, 2.24) is 4.90 Å². The average Bonchev–Trinajstić information content (AvgIpc) is 2.14. The van der Waals surface area contributed by atoms with Gasteiger partial charge in [-0.3, -0.25) is 15.1 Å². The maximum atomic E-state index is 10.7. The molecule has 0 aliphatic carbocycles. The predicted molar refractivity (Wildman–Crippen MR) is 62.2 cm³/mol. The van der Waals surface area contributed by atoms with Gasteiger partial charge in [0.15, 0.2) is 0 Å². The van der Waals surface area contributed by atoms with E-state index in [0.29, 0.717) is 6.42 Å². The van der Waals surface area contributed by atoms with Crippen LogP contribution in [0, 0.1) is 15.5 Å². The lowest BCUT2D eigenvalue weighted by Gasteiger charge is -2.39. The van der Waals surface area contributed by atoms with E-state index in [1.165, 1.54) is 6.21 Å². The Morgan fingerprint density at radius 1 is 1.62 bits per heavy atom. The summed E-state index contributed by atoms with van der Waals surface area (Å²) in [6, 6.07) is -0.638. The van der Waals surface area contributed by atoms with E-state index >= 15 is 0 Å². The molecule has 0 radical (unpaired) electrons. The van der Waals surface area contributed by atoms with Gasteiger partial charge in [0.1, 0.15) is 0 Å². The van der Waals surface area contributed by atoms with Crippen LogP contribution in [-0.2, 0) is 0 Å². The fourth-order valence-corrected chi connectivity index (χ4v) is 2.71. The Kier molecular flexibility index (Phi) is 2.58. The van der Waals surface area contributed by atoms with E-state index in [9.17, 15) is 10.1 Å². The second-order valence-corrected chi connectivity index (χ2v) is 5.34. The molecule has 0 saturated carbocycles. The average molecular weight is 223 g/mol. The normalized spacial score (nSPS) is 29.1. The Morgan fingerprint density at radius 3 is 2.94 bits per heavy atom. The Labute approximate surface area is 95.0 Å². The highest BCUT2D eigenvalue weighted by molar-refractivity contribution is 5.67. The van der Waals surface area contributed by atoms with Crippen LogP contribution in [0.1, 0.15) is 20.3 Å². The highest BCUT2D eigenvalue weighted by Gasteiger charge is 2.37. The number of hydrogen-bond acceptors (Lipinski definition) is 4. The Hall–Kier alpha value is -1.23. The van der Waals surface area contributed by atoms with E-state index in [2.05, 4.69) is 23.7 Å². The van der Waals surface area contributed by atoms with Crippen molar-refractivity contribution < 1.29 is 4.92 Å². The van der Waals surface area contributed by atoms with Crippen LogP contribution in [0.4, 0.5) is 0 Å². The molecule has 2 heterocycles. The fourth-order valence-electron chi connectivity index (χ4n) is 2.71. The van der Waals surface area contributed by atoms with E-state index in [1.54, 1.807) is 0 Å². The highest BCUT2D eigenvalue weighted by Crippen LogP contribution is 2.37. The first-order chi connectivity index (χ1) is 7.40. The van der Waals surface area contributed by atoms with E-state index in [-0.39, 0.29) is 10.3 Å². The fraction of sp³-hybridized carbons (Fsp3) is 0.727. The summed E-state index contributed by atoms with van der Waals surface area (Å²) in [7, 11) is 2.05. The summed E-state index contributed by atoms with van der Waals surface area (Å²) in [5.74, 6) is 0. The second-order valence-electron chi connectivity index (χ2n) is 5.34. The lowest BCUT2D eigenvalue weighted by molar-refractivity contribution is -0.501. The van der Waals surface area contributed by atoms with Crippen LogP contribution < -0.4 is 0 Å². The van der Waals surface area contributed by atoms with Gasteiger partial charge in [-0.2, -0.15) is 0 Å². The molecule has 16 heavy (non-hydrogen) atoms.